The highest BCUT2D eigenvalue weighted by Gasteiger charge is 2.56. The van der Waals surface area contributed by atoms with E-state index in [0.29, 0.717) is 11.8 Å². The molecule has 0 bridgehead atoms. The molecule has 2 saturated carbocycles. The van der Waals surface area contributed by atoms with Crippen LogP contribution in [0.2, 0.25) is 0 Å². The van der Waals surface area contributed by atoms with E-state index in [2.05, 4.69) is 0 Å². The van der Waals surface area contributed by atoms with E-state index in [1.807, 2.05) is 0 Å². The van der Waals surface area contributed by atoms with E-state index >= 15 is 0 Å². The molecule has 1 aromatic rings. The third-order valence-corrected chi connectivity index (χ3v) is 4.42. The molecule has 0 N–H and O–H groups in total. The molecule has 0 aliphatic heterocycles. The van der Waals surface area contributed by atoms with Crippen LogP contribution in [0.25, 0.3) is 0 Å². The smallest absolute Gasteiger partial charge is 0.303 e. The molecule has 18 heavy (non-hydrogen) atoms. The first-order valence-corrected chi connectivity index (χ1v) is 6.33. The van der Waals surface area contributed by atoms with Gasteiger partial charge in [0, 0.05) is 26.2 Å². The fourth-order valence-electron chi connectivity index (χ4n) is 3.37. The van der Waals surface area contributed by atoms with Crippen molar-refractivity contribution in [1.82, 2.24) is 9.13 Å². The summed E-state index contributed by atoms with van der Waals surface area (Å²) in [6.07, 6.45) is 4.80. The Balaban J connectivity index is 2.01. The summed E-state index contributed by atoms with van der Waals surface area (Å²) >= 11 is 0. The summed E-state index contributed by atoms with van der Waals surface area (Å²) in [6, 6.07) is 0. The molecule has 1 aromatic heterocycles. The first-order chi connectivity index (χ1) is 8.52. The Morgan fingerprint density at radius 3 is 2.44 bits per heavy atom. The fraction of sp³-hybridized carbons (Fsp3) is 0.615. The van der Waals surface area contributed by atoms with Gasteiger partial charge in [0.25, 0.3) is 5.56 Å². The van der Waals surface area contributed by atoms with Gasteiger partial charge in [0.1, 0.15) is 0 Å². The zero-order chi connectivity index (χ0) is 13.0. The molecule has 0 spiro atoms. The maximum Gasteiger partial charge on any atom is 0.330 e. The molecule has 5 nitrogen and oxygen atoms in total. The number of carbonyl (C=O) groups is 1. The number of carbonyl (C=O) groups excluding carboxylic acids is 1. The maximum absolute atomic E-state index is 12.3. The molecule has 0 radical (unpaired) electrons. The fourth-order valence-corrected chi connectivity index (χ4v) is 3.37. The monoisotopic (exact) mass is 248 g/mol. The Labute approximate surface area is 104 Å². The first-order valence-electron chi connectivity index (χ1n) is 6.33. The first kappa shape index (κ1) is 11.4. The van der Waals surface area contributed by atoms with Crippen molar-refractivity contribution in [2.75, 3.05) is 0 Å². The Kier molecular flexibility index (Phi) is 2.33. The number of ketones is 1. The molecular weight excluding hydrogens is 232 g/mol. The molecular formula is C13H16N2O3. The Morgan fingerprint density at radius 2 is 1.83 bits per heavy atom. The van der Waals surface area contributed by atoms with E-state index in [4.69, 9.17) is 0 Å². The van der Waals surface area contributed by atoms with Crippen LogP contribution in [0, 0.1) is 17.8 Å². The Morgan fingerprint density at radius 1 is 1.22 bits per heavy atom. The molecule has 2 fully saturated rings. The molecule has 0 saturated heterocycles. The number of hydrogen-bond donors (Lipinski definition) is 0. The van der Waals surface area contributed by atoms with Crippen LogP contribution < -0.4 is 11.2 Å². The third-order valence-electron chi connectivity index (χ3n) is 4.42. The quantitative estimate of drug-likeness (QED) is 0.708. The summed E-state index contributed by atoms with van der Waals surface area (Å²) in [7, 11) is 2.97. The zero-order valence-corrected chi connectivity index (χ0v) is 10.5. The van der Waals surface area contributed by atoms with Crippen LogP contribution in [0.4, 0.5) is 0 Å². The highest BCUT2D eigenvalue weighted by Crippen LogP contribution is 2.58. The molecule has 2 aliphatic carbocycles. The largest absolute Gasteiger partial charge is 0.330 e. The van der Waals surface area contributed by atoms with Gasteiger partial charge in [-0.2, -0.15) is 0 Å². The molecule has 5 heteroatoms. The van der Waals surface area contributed by atoms with Gasteiger partial charge in [-0.25, -0.2) is 4.79 Å². The van der Waals surface area contributed by atoms with Crippen molar-refractivity contribution in [3.05, 3.63) is 32.6 Å². The zero-order valence-electron chi connectivity index (χ0n) is 10.5. The van der Waals surface area contributed by atoms with Crippen LogP contribution >= 0.6 is 0 Å². The van der Waals surface area contributed by atoms with Crippen molar-refractivity contribution in [1.29, 1.82) is 0 Å². The summed E-state index contributed by atoms with van der Waals surface area (Å²) in [5, 5.41) is 0. The van der Waals surface area contributed by atoms with Crippen LogP contribution in [0.15, 0.2) is 15.8 Å². The second kappa shape index (κ2) is 3.67. The van der Waals surface area contributed by atoms with Crippen LogP contribution in [0.5, 0.6) is 0 Å². The molecule has 1 heterocycles. The van der Waals surface area contributed by atoms with Crippen LogP contribution in [-0.4, -0.2) is 14.9 Å². The SMILES string of the molecule is Cn1cc(C(=O)C2C3CCCC32)c(=O)n(C)c1=O. The van der Waals surface area contributed by atoms with Gasteiger partial charge in [0.05, 0.1) is 5.56 Å². The minimum Gasteiger partial charge on any atom is -0.303 e. The average molecular weight is 248 g/mol. The summed E-state index contributed by atoms with van der Waals surface area (Å²) in [5.74, 6) is 0.934. The number of nitrogens with zero attached hydrogens (tertiary/aromatic N) is 2. The number of Topliss-reactive ketones (excluding diaryl/α,β-unsaturated/α-hetero) is 1. The summed E-state index contributed by atoms with van der Waals surface area (Å²) in [5.41, 5.74) is -0.695. The summed E-state index contributed by atoms with van der Waals surface area (Å²) in [4.78, 5) is 35.9. The lowest BCUT2D eigenvalue weighted by atomic mass is 10.0. The van der Waals surface area contributed by atoms with Gasteiger partial charge >= 0.3 is 5.69 Å². The van der Waals surface area contributed by atoms with E-state index in [1.165, 1.54) is 24.2 Å². The lowest BCUT2D eigenvalue weighted by Crippen LogP contribution is -2.40. The van der Waals surface area contributed by atoms with Crippen molar-refractivity contribution < 1.29 is 4.79 Å². The van der Waals surface area contributed by atoms with Gasteiger partial charge < -0.3 is 4.57 Å². The molecule has 2 unspecified atom stereocenters. The van der Waals surface area contributed by atoms with Gasteiger partial charge in [-0.3, -0.25) is 14.2 Å². The van der Waals surface area contributed by atoms with E-state index in [-0.39, 0.29) is 17.3 Å². The van der Waals surface area contributed by atoms with Crippen molar-refractivity contribution in [3.63, 3.8) is 0 Å². The second-order valence-corrected chi connectivity index (χ2v) is 5.45. The van der Waals surface area contributed by atoms with E-state index < -0.39 is 11.2 Å². The van der Waals surface area contributed by atoms with Crippen molar-refractivity contribution in [2.45, 2.75) is 19.3 Å². The maximum atomic E-state index is 12.3. The van der Waals surface area contributed by atoms with Crippen LogP contribution in [0.1, 0.15) is 29.6 Å². The second-order valence-electron chi connectivity index (χ2n) is 5.45. The van der Waals surface area contributed by atoms with Gasteiger partial charge in [0.15, 0.2) is 5.78 Å². The highest BCUT2D eigenvalue weighted by molar-refractivity contribution is 5.99. The lowest BCUT2D eigenvalue weighted by Gasteiger charge is -2.06. The minimum atomic E-state index is -0.465. The van der Waals surface area contributed by atoms with Gasteiger partial charge in [-0.1, -0.05) is 6.42 Å². The Bertz CT molecular complexity index is 631. The lowest BCUT2D eigenvalue weighted by molar-refractivity contribution is 0.0948. The molecule has 3 rings (SSSR count). The average Bonchev–Trinajstić information content (AvgIpc) is 2.83. The topological polar surface area (TPSA) is 61.1 Å². The molecule has 0 amide bonds. The molecule has 2 atom stereocenters. The Hall–Kier alpha value is -1.65. The molecule has 0 aromatic carbocycles. The minimum absolute atomic E-state index is 0.0314. The van der Waals surface area contributed by atoms with Crippen molar-refractivity contribution >= 4 is 5.78 Å². The van der Waals surface area contributed by atoms with Crippen LogP contribution in [-0.2, 0) is 14.1 Å². The predicted molar refractivity (Wildman–Crippen MR) is 65.6 cm³/mol. The van der Waals surface area contributed by atoms with Crippen molar-refractivity contribution in [2.24, 2.45) is 31.8 Å². The molecule has 96 valence electrons. The standard InChI is InChI=1S/C13H16N2O3/c1-14-6-9(12(17)15(2)13(14)18)11(16)10-7-4-3-5-8(7)10/h6-8,10H,3-5H2,1-2H3. The number of fused-ring (bicyclic) bond motifs is 1. The third kappa shape index (κ3) is 1.43. The van der Waals surface area contributed by atoms with Gasteiger partial charge in [0.2, 0.25) is 0 Å². The molecule has 2 aliphatic rings. The number of hydrogen-bond acceptors (Lipinski definition) is 3. The number of aromatic nitrogens is 2. The van der Waals surface area contributed by atoms with Gasteiger partial charge in [-0.15, -0.1) is 0 Å². The highest BCUT2D eigenvalue weighted by atomic mass is 16.2. The van der Waals surface area contributed by atoms with Gasteiger partial charge in [-0.05, 0) is 24.7 Å². The number of aryl methyl sites for hydroxylation is 1. The normalized spacial score (nSPS) is 29.1. The van der Waals surface area contributed by atoms with E-state index in [1.54, 1.807) is 7.05 Å². The number of rotatable bonds is 2. The summed E-state index contributed by atoms with van der Waals surface area (Å²) < 4.78 is 2.30. The van der Waals surface area contributed by atoms with Crippen LogP contribution in [0.3, 0.4) is 0 Å². The van der Waals surface area contributed by atoms with E-state index in [9.17, 15) is 14.4 Å². The predicted octanol–water partition coefficient (Wildman–Crippen LogP) is 0.313. The van der Waals surface area contributed by atoms with E-state index in [0.717, 1.165) is 17.4 Å². The van der Waals surface area contributed by atoms with Crippen molar-refractivity contribution in [3.8, 4) is 0 Å². The summed E-state index contributed by atoms with van der Waals surface area (Å²) in [6.45, 7) is 0.